The SMILES string of the molecule is CCC(c1ccc(F)cc1F)N1CCN(C(=NC)NCc2cn(CC(=O)OC)nn2)CC1.I. The number of piperazine rings is 1. The maximum absolute atomic E-state index is 14.3. The van der Waals surface area contributed by atoms with Gasteiger partial charge in [-0.05, 0) is 12.5 Å². The Morgan fingerprint density at radius 2 is 2.00 bits per heavy atom. The molecule has 0 radical (unpaired) electrons. The molecule has 1 saturated heterocycles. The van der Waals surface area contributed by atoms with Crippen LogP contribution in [0.4, 0.5) is 8.78 Å². The largest absolute Gasteiger partial charge is 0.468 e. The number of rotatable bonds is 7. The van der Waals surface area contributed by atoms with Crippen molar-refractivity contribution < 1.29 is 18.3 Å². The van der Waals surface area contributed by atoms with E-state index in [1.165, 1.54) is 17.9 Å². The summed E-state index contributed by atoms with van der Waals surface area (Å²) < 4.78 is 33.6. The van der Waals surface area contributed by atoms with Crippen LogP contribution in [0.15, 0.2) is 29.4 Å². The molecule has 33 heavy (non-hydrogen) atoms. The van der Waals surface area contributed by atoms with Gasteiger partial charge in [0.1, 0.15) is 23.9 Å². The highest BCUT2D eigenvalue weighted by atomic mass is 127. The van der Waals surface area contributed by atoms with E-state index >= 15 is 0 Å². The molecule has 0 amide bonds. The van der Waals surface area contributed by atoms with Gasteiger partial charge in [-0.15, -0.1) is 29.1 Å². The molecule has 1 atom stereocenters. The van der Waals surface area contributed by atoms with Crippen LogP contribution in [0.2, 0.25) is 0 Å². The van der Waals surface area contributed by atoms with E-state index < -0.39 is 17.6 Å². The molecule has 0 spiro atoms. The average molecular weight is 577 g/mol. The fourth-order valence-corrected chi connectivity index (χ4v) is 3.89. The summed E-state index contributed by atoms with van der Waals surface area (Å²) in [5, 5.41) is 11.2. The molecule has 1 aliphatic rings. The number of hydrogen-bond acceptors (Lipinski definition) is 6. The molecule has 1 N–H and O–H groups in total. The lowest BCUT2D eigenvalue weighted by Gasteiger charge is -2.40. The van der Waals surface area contributed by atoms with Crippen LogP contribution in [0.3, 0.4) is 0 Å². The van der Waals surface area contributed by atoms with Crippen LogP contribution >= 0.6 is 24.0 Å². The third kappa shape index (κ3) is 7.06. The van der Waals surface area contributed by atoms with E-state index in [0.717, 1.165) is 31.5 Å². The predicted octanol–water partition coefficient (Wildman–Crippen LogP) is 2.19. The number of carbonyl (C=O) groups is 1. The molecule has 0 bridgehead atoms. The molecule has 3 rings (SSSR count). The number of nitrogens with zero attached hydrogens (tertiary/aromatic N) is 6. The molecule has 0 saturated carbocycles. The third-order valence-corrected chi connectivity index (χ3v) is 5.51. The highest BCUT2D eigenvalue weighted by Crippen LogP contribution is 2.28. The van der Waals surface area contributed by atoms with Gasteiger partial charge in [0.15, 0.2) is 5.96 Å². The van der Waals surface area contributed by atoms with Gasteiger partial charge >= 0.3 is 5.97 Å². The minimum absolute atomic E-state index is 0. The van der Waals surface area contributed by atoms with Gasteiger partial charge in [0.25, 0.3) is 0 Å². The lowest BCUT2D eigenvalue weighted by Crippen LogP contribution is -2.53. The highest BCUT2D eigenvalue weighted by molar-refractivity contribution is 14.0. The first-order valence-electron chi connectivity index (χ1n) is 10.6. The molecule has 182 valence electrons. The number of benzene rings is 1. The second-order valence-electron chi connectivity index (χ2n) is 7.50. The van der Waals surface area contributed by atoms with E-state index in [2.05, 4.69) is 35.2 Å². The molecule has 2 heterocycles. The first kappa shape index (κ1) is 26.9. The number of esters is 1. The topological polar surface area (TPSA) is 87.9 Å². The first-order chi connectivity index (χ1) is 15.4. The maximum Gasteiger partial charge on any atom is 0.327 e. The van der Waals surface area contributed by atoms with Crippen LogP contribution in [0.1, 0.15) is 30.6 Å². The number of guanidine groups is 1. The second-order valence-corrected chi connectivity index (χ2v) is 7.50. The van der Waals surface area contributed by atoms with Crippen LogP contribution in [-0.2, 0) is 22.6 Å². The summed E-state index contributed by atoms with van der Waals surface area (Å²) in [6, 6.07) is 3.70. The number of halogens is 3. The van der Waals surface area contributed by atoms with Crippen LogP contribution in [-0.4, -0.2) is 77.1 Å². The molecule has 1 unspecified atom stereocenters. The number of carbonyl (C=O) groups excluding carboxylic acids is 1. The van der Waals surface area contributed by atoms with Crippen molar-refractivity contribution in [1.82, 2.24) is 30.1 Å². The number of ether oxygens (including phenoxy) is 1. The van der Waals surface area contributed by atoms with Gasteiger partial charge in [-0.2, -0.15) is 0 Å². The molecule has 1 aromatic heterocycles. The number of methoxy groups -OCH3 is 1. The van der Waals surface area contributed by atoms with Crippen molar-refractivity contribution in [1.29, 1.82) is 0 Å². The van der Waals surface area contributed by atoms with Gasteiger partial charge < -0.3 is 15.0 Å². The fourth-order valence-electron chi connectivity index (χ4n) is 3.89. The Morgan fingerprint density at radius 3 is 2.61 bits per heavy atom. The Morgan fingerprint density at radius 1 is 1.27 bits per heavy atom. The Labute approximate surface area is 209 Å². The summed E-state index contributed by atoms with van der Waals surface area (Å²) >= 11 is 0. The van der Waals surface area contributed by atoms with Gasteiger partial charge in [0.2, 0.25) is 0 Å². The molecule has 2 aromatic rings. The Kier molecular flexibility index (Phi) is 10.4. The van der Waals surface area contributed by atoms with Crippen LogP contribution < -0.4 is 5.32 Å². The lowest BCUT2D eigenvalue weighted by molar-refractivity contribution is -0.141. The van der Waals surface area contributed by atoms with Crippen molar-refractivity contribution in [2.45, 2.75) is 32.5 Å². The number of hydrogen-bond donors (Lipinski definition) is 1. The van der Waals surface area contributed by atoms with Crippen LogP contribution in [0.5, 0.6) is 0 Å². The summed E-state index contributed by atoms with van der Waals surface area (Å²) in [5.74, 6) is -0.731. The van der Waals surface area contributed by atoms with Crippen LogP contribution in [0.25, 0.3) is 0 Å². The molecular weight excluding hydrogens is 547 g/mol. The van der Waals surface area contributed by atoms with Crippen molar-refractivity contribution in [2.24, 2.45) is 4.99 Å². The molecule has 12 heteroatoms. The van der Waals surface area contributed by atoms with Crippen molar-refractivity contribution in [3.63, 3.8) is 0 Å². The summed E-state index contributed by atoms with van der Waals surface area (Å²) in [5.41, 5.74) is 1.20. The maximum atomic E-state index is 14.3. The van der Waals surface area contributed by atoms with E-state index in [9.17, 15) is 13.6 Å². The summed E-state index contributed by atoms with van der Waals surface area (Å²) in [4.78, 5) is 20.0. The van der Waals surface area contributed by atoms with E-state index in [-0.39, 0.29) is 36.6 Å². The van der Waals surface area contributed by atoms with Crippen molar-refractivity contribution >= 4 is 35.9 Å². The average Bonchev–Trinajstić information content (AvgIpc) is 3.24. The lowest BCUT2D eigenvalue weighted by atomic mass is 10.0. The van der Waals surface area contributed by atoms with Crippen molar-refractivity contribution in [2.75, 3.05) is 40.3 Å². The van der Waals surface area contributed by atoms with Gasteiger partial charge in [-0.3, -0.25) is 14.7 Å². The van der Waals surface area contributed by atoms with Gasteiger partial charge in [0, 0.05) is 50.9 Å². The summed E-state index contributed by atoms with van der Waals surface area (Å²) in [7, 11) is 3.04. The number of aliphatic imine (C=N–C) groups is 1. The molecular formula is C21H30F2IN7O2. The Balaban J connectivity index is 0.00000385. The van der Waals surface area contributed by atoms with Gasteiger partial charge in [0.05, 0.1) is 19.9 Å². The molecule has 0 aliphatic carbocycles. The fraction of sp³-hybridized carbons (Fsp3) is 0.524. The Bertz CT molecular complexity index is 948. The van der Waals surface area contributed by atoms with E-state index in [1.54, 1.807) is 19.3 Å². The van der Waals surface area contributed by atoms with E-state index in [1.807, 2.05) is 6.92 Å². The zero-order valence-corrected chi connectivity index (χ0v) is 21.3. The van der Waals surface area contributed by atoms with Gasteiger partial charge in [-0.25, -0.2) is 13.5 Å². The molecule has 1 aliphatic heterocycles. The normalized spacial score (nSPS) is 15.7. The summed E-state index contributed by atoms with van der Waals surface area (Å²) in [6.45, 7) is 5.31. The third-order valence-electron chi connectivity index (χ3n) is 5.51. The number of aromatic nitrogens is 3. The Hall–Kier alpha value is -2.35. The monoisotopic (exact) mass is 577 g/mol. The molecule has 1 fully saturated rings. The zero-order valence-electron chi connectivity index (χ0n) is 19.0. The minimum atomic E-state index is -0.564. The van der Waals surface area contributed by atoms with Crippen molar-refractivity contribution in [3.05, 3.63) is 47.3 Å². The highest BCUT2D eigenvalue weighted by Gasteiger charge is 2.27. The number of nitrogens with one attached hydrogen (secondary N) is 1. The quantitative estimate of drug-likeness (QED) is 0.234. The minimum Gasteiger partial charge on any atom is -0.468 e. The summed E-state index contributed by atoms with van der Waals surface area (Å²) in [6.07, 6.45) is 2.41. The second kappa shape index (κ2) is 12.8. The molecule has 1 aromatic carbocycles. The van der Waals surface area contributed by atoms with Crippen LogP contribution in [0, 0.1) is 11.6 Å². The van der Waals surface area contributed by atoms with E-state index in [4.69, 9.17) is 0 Å². The van der Waals surface area contributed by atoms with E-state index in [0.29, 0.717) is 30.9 Å². The first-order valence-corrected chi connectivity index (χ1v) is 10.6. The standard InChI is InChI=1S/C21H29F2N7O2.HI/c1-4-19(17-6-5-15(22)11-18(17)23)28-7-9-29(10-8-28)21(24-2)25-12-16-13-30(27-26-16)14-20(31)32-3;/h5-6,11,13,19H,4,7-10,12,14H2,1-3H3,(H,24,25);1H. The zero-order chi connectivity index (χ0) is 23.1. The smallest absolute Gasteiger partial charge is 0.327 e. The van der Waals surface area contributed by atoms with Crippen molar-refractivity contribution in [3.8, 4) is 0 Å². The molecule has 9 nitrogen and oxygen atoms in total. The van der Waals surface area contributed by atoms with Gasteiger partial charge in [-0.1, -0.05) is 18.2 Å². The predicted molar refractivity (Wildman–Crippen MR) is 130 cm³/mol.